The molecule has 19 heavy (non-hydrogen) atoms. The van der Waals surface area contributed by atoms with E-state index in [0.717, 1.165) is 23.4 Å². The first-order valence-electron chi connectivity index (χ1n) is 6.37. The zero-order chi connectivity index (χ0) is 13.8. The standard InChI is InChI=1S/C13H19N5O/c1-4-17-8-12(11(3)16-17)6-14-13(19)9-18-7-10(2)5-15-18/h5,7-8H,4,6,9H2,1-3H3,(H,14,19). The van der Waals surface area contributed by atoms with Gasteiger partial charge in [0.15, 0.2) is 0 Å². The number of rotatable bonds is 5. The second-order valence-corrected chi connectivity index (χ2v) is 4.59. The molecule has 0 bridgehead atoms. The average molecular weight is 261 g/mol. The van der Waals surface area contributed by atoms with Crippen molar-refractivity contribution in [2.24, 2.45) is 0 Å². The highest BCUT2D eigenvalue weighted by Crippen LogP contribution is 2.05. The van der Waals surface area contributed by atoms with Crippen LogP contribution in [0.2, 0.25) is 0 Å². The molecule has 6 nitrogen and oxygen atoms in total. The first-order chi connectivity index (χ1) is 9.08. The Kier molecular flexibility index (Phi) is 3.99. The molecule has 0 saturated carbocycles. The molecule has 2 aromatic heterocycles. The fourth-order valence-corrected chi connectivity index (χ4v) is 1.84. The Labute approximate surface area is 112 Å². The van der Waals surface area contributed by atoms with E-state index in [1.807, 2.05) is 37.8 Å². The predicted octanol–water partition coefficient (Wildman–Crippen LogP) is 1.03. The topological polar surface area (TPSA) is 64.7 Å². The van der Waals surface area contributed by atoms with Crippen LogP contribution in [0.25, 0.3) is 0 Å². The number of carbonyl (C=O) groups excluding carboxylic acids is 1. The third-order valence-corrected chi connectivity index (χ3v) is 2.92. The van der Waals surface area contributed by atoms with Gasteiger partial charge >= 0.3 is 0 Å². The Morgan fingerprint density at radius 3 is 2.68 bits per heavy atom. The van der Waals surface area contributed by atoms with Crippen molar-refractivity contribution in [1.82, 2.24) is 24.9 Å². The summed E-state index contributed by atoms with van der Waals surface area (Å²) in [5, 5.41) is 11.3. The van der Waals surface area contributed by atoms with Gasteiger partial charge in [-0.3, -0.25) is 14.2 Å². The molecule has 0 spiro atoms. The average Bonchev–Trinajstić information content (AvgIpc) is 2.93. The van der Waals surface area contributed by atoms with Gasteiger partial charge in [0.05, 0.1) is 11.9 Å². The van der Waals surface area contributed by atoms with Crippen molar-refractivity contribution >= 4 is 5.91 Å². The van der Waals surface area contributed by atoms with Gasteiger partial charge in [0, 0.05) is 31.0 Å². The quantitative estimate of drug-likeness (QED) is 0.874. The van der Waals surface area contributed by atoms with Gasteiger partial charge in [0.1, 0.15) is 6.54 Å². The van der Waals surface area contributed by atoms with Gasteiger partial charge in [0.25, 0.3) is 0 Å². The molecule has 0 aromatic carbocycles. The number of carbonyl (C=O) groups is 1. The molecule has 2 heterocycles. The summed E-state index contributed by atoms with van der Waals surface area (Å²) in [5.74, 6) is -0.0493. The Hall–Kier alpha value is -2.11. The molecule has 0 aliphatic carbocycles. The van der Waals surface area contributed by atoms with E-state index in [1.54, 1.807) is 10.9 Å². The van der Waals surface area contributed by atoms with E-state index < -0.39 is 0 Å². The van der Waals surface area contributed by atoms with E-state index in [9.17, 15) is 4.79 Å². The fourth-order valence-electron chi connectivity index (χ4n) is 1.84. The number of aromatic nitrogens is 4. The molecule has 0 atom stereocenters. The van der Waals surface area contributed by atoms with Crippen LogP contribution in [-0.4, -0.2) is 25.5 Å². The number of nitrogens with zero attached hydrogens (tertiary/aromatic N) is 4. The van der Waals surface area contributed by atoms with E-state index in [4.69, 9.17) is 0 Å². The van der Waals surface area contributed by atoms with Crippen LogP contribution in [0.5, 0.6) is 0 Å². The highest BCUT2D eigenvalue weighted by molar-refractivity contribution is 5.75. The lowest BCUT2D eigenvalue weighted by Gasteiger charge is -2.04. The van der Waals surface area contributed by atoms with Gasteiger partial charge < -0.3 is 5.32 Å². The maximum atomic E-state index is 11.8. The second kappa shape index (κ2) is 5.69. The van der Waals surface area contributed by atoms with Crippen molar-refractivity contribution in [2.75, 3.05) is 0 Å². The lowest BCUT2D eigenvalue weighted by atomic mass is 10.2. The zero-order valence-electron chi connectivity index (χ0n) is 11.6. The summed E-state index contributed by atoms with van der Waals surface area (Å²) in [4.78, 5) is 11.8. The molecule has 0 unspecified atom stereocenters. The number of aryl methyl sites for hydroxylation is 3. The van der Waals surface area contributed by atoms with Crippen LogP contribution in [0, 0.1) is 13.8 Å². The van der Waals surface area contributed by atoms with Crippen LogP contribution in [0.3, 0.4) is 0 Å². The molecular weight excluding hydrogens is 242 g/mol. The van der Waals surface area contributed by atoms with E-state index >= 15 is 0 Å². The van der Waals surface area contributed by atoms with E-state index in [-0.39, 0.29) is 12.5 Å². The summed E-state index contributed by atoms with van der Waals surface area (Å²) < 4.78 is 3.50. The van der Waals surface area contributed by atoms with Crippen molar-refractivity contribution in [3.8, 4) is 0 Å². The van der Waals surface area contributed by atoms with Gasteiger partial charge in [-0.2, -0.15) is 10.2 Å². The van der Waals surface area contributed by atoms with Gasteiger partial charge in [-0.05, 0) is 26.3 Å². The normalized spacial score (nSPS) is 10.7. The largest absolute Gasteiger partial charge is 0.350 e. The minimum atomic E-state index is -0.0493. The summed E-state index contributed by atoms with van der Waals surface area (Å²) in [5.41, 5.74) is 3.05. The molecule has 1 amide bonds. The minimum Gasteiger partial charge on any atom is -0.350 e. The van der Waals surface area contributed by atoms with Gasteiger partial charge in [-0.25, -0.2) is 0 Å². The summed E-state index contributed by atoms with van der Waals surface area (Å²) in [6.07, 6.45) is 5.55. The third kappa shape index (κ3) is 3.43. The van der Waals surface area contributed by atoms with E-state index in [0.29, 0.717) is 6.54 Å². The number of hydrogen-bond donors (Lipinski definition) is 1. The van der Waals surface area contributed by atoms with E-state index in [2.05, 4.69) is 15.5 Å². The molecule has 0 radical (unpaired) electrons. The molecule has 102 valence electrons. The molecular formula is C13H19N5O. The van der Waals surface area contributed by atoms with Crippen LogP contribution in [0.15, 0.2) is 18.6 Å². The van der Waals surface area contributed by atoms with Crippen LogP contribution < -0.4 is 5.32 Å². The maximum absolute atomic E-state index is 11.8. The van der Waals surface area contributed by atoms with Crippen molar-refractivity contribution in [1.29, 1.82) is 0 Å². The molecule has 2 aromatic rings. The van der Waals surface area contributed by atoms with Gasteiger partial charge in [-0.1, -0.05) is 0 Å². The maximum Gasteiger partial charge on any atom is 0.241 e. The molecule has 0 aliphatic heterocycles. The van der Waals surface area contributed by atoms with Crippen molar-refractivity contribution < 1.29 is 4.79 Å². The number of amides is 1. The monoisotopic (exact) mass is 261 g/mol. The summed E-state index contributed by atoms with van der Waals surface area (Å²) in [6.45, 7) is 7.52. The first-order valence-corrected chi connectivity index (χ1v) is 6.37. The number of hydrogen-bond acceptors (Lipinski definition) is 3. The van der Waals surface area contributed by atoms with Crippen LogP contribution >= 0.6 is 0 Å². The van der Waals surface area contributed by atoms with Crippen molar-refractivity contribution in [3.63, 3.8) is 0 Å². The molecule has 0 aliphatic rings. The van der Waals surface area contributed by atoms with E-state index in [1.165, 1.54) is 0 Å². The summed E-state index contributed by atoms with van der Waals surface area (Å²) >= 11 is 0. The highest BCUT2D eigenvalue weighted by Gasteiger charge is 2.07. The summed E-state index contributed by atoms with van der Waals surface area (Å²) in [7, 11) is 0. The van der Waals surface area contributed by atoms with Crippen LogP contribution in [-0.2, 0) is 24.4 Å². The highest BCUT2D eigenvalue weighted by atomic mass is 16.2. The molecule has 0 saturated heterocycles. The third-order valence-electron chi connectivity index (χ3n) is 2.92. The Morgan fingerprint density at radius 1 is 1.32 bits per heavy atom. The molecule has 0 fully saturated rings. The molecule has 2 rings (SSSR count). The fraction of sp³-hybridized carbons (Fsp3) is 0.462. The lowest BCUT2D eigenvalue weighted by Crippen LogP contribution is -2.27. The Morgan fingerprint density at radius 2 is 2.11 bits per heavy atom. The predicted molar refractivity (Wildman–Crippen MR) is 71.4 cm³/mol. The SMILES string of the molecule is CCn1cc(CNC(=O)Cn2cc(C)cn2)c(C)n1. The zero-order valence-corrected chi connectivity index (χ0v) is 11.6. The Bertz CT molecular complexity index is 569. The van der Waals surface area contributed by atoms with Gasteiger partial charge in [-0.15, -0.1) is 0 Å². The van der Waals surface area contributed by atoms with Gasteiger partial charge in [0.2, 0.25) is 5.91 Å². The second-order valence-electron chi connectivity index (χ2n) is 4.59. The van der Waals surface area contributed by atoms with Crippen molar-refractivity contribution in [3.05, 3.63) is 35.4 Å². The first kappa shape index (κ1) is 13.3. The Balaban J connectivity index is 1.87. The van der Waals surface area contributed by atoms with Crippen LogP contribution in [0.4, 0.5) is 0 Å². The smallest absolute Gasteiger partial charge is 0.241 e. The summed E-state index contributed by atoms with van der Waals surface area (Å²) in [6, 6.07) is 0. The van der Waals surface area contributed by atoms with Crippen molar-refractivity contribution in [2.45, 2.75) is 40.4 Å². The lowest BCUT2D eigenvalue weighted by molar-refractivity contribution is -0.122. The minimum absolute atomic E-state index is 0.0493. The number of nitrogens with one attached hydrogen (secondary N) is 1. The molecule has 1 N–H and O–H groups in total. The van der Waals surface area contributed by atoms with Crippen LogP contribution in [0.1, 0.15) is 23.7 Å². The molecule has 6 heteroatoms.